The minimum Gasteiger partial charge on any atom is -0.379 e. The lowest BCUT2D eigenvalue weighted by atomic mass is 9.89. The van der Waals surface area contributed by atoms with Crippen LogP contribution in [0, 0.1) is 5.41 Å². The zero-order valence-corrected chi connectivity index (χ0v) is 17.9. The number of Topliss-reactive ketones (excluding diaryl/α,β-unsaturated/α-hetero) is 1. The third kappa shape index (κ3) is 8.75. The van der Waals surface area contributed by atoms with Gasteiger partial charge in [-0.15, -0.1) is 5.10 Å². The molecule has 1 heterocycles. The molecule has 162 valence electrons. The highest BCUT2D eigenvalue weighted by molar-refractivity contribution is 5.83. The second kappa shape index (κ2) is 12.1. The van der Waals surface area contributed by atoms with Crippen molar-refractivity contribution in [2.75, 3.05) is 26.4 Å². The van der Waals surface area contributed by atoms with E-state index in [9.17, 15) is 9.59 Å². The first-order valence-electron chi connectivity index (χ1n) is 10.0. The molecule has 0 aliphatic carbocycles. The molecule has 1 aromatic carbocycles. The smallest absolute Gasteiger partial charge is 0.222 e. The summed E-state index contributed by atoms with van der Waals surface area (Å²) in [5.41, 5.74) is 1.52. The van der Waals surface area contributed by atoms with E-state index in [1.807, 2.05) is 45.0 Å². The van der Waals surface area contributed by atoms with E-state index in [1.165, 1.54) is 6.20 Å². The minimum atomic E-state index is -0.330. The topological polar surface area (TPSA) is 103 Å². The van der Waals surface area contributed by atoms with Gasteiger partial charge in [0, 0.05) is 36.6 Å². The number of carbonyl (C=O) groups is 2. The SMILES string of the molecule is CC(C)(C)C(=O)CCOCCOCCC(=O)NCc1ccc(-c2nccnn2)cc1. The molecule has 0 bridgehead atoms. The van der Waals surface area contributed by atoms with Crippen molar-refractivity contribution >= 4 is 11.7 Å². The van der Waals surface area contributed by atoms with Crippen molar-refractivity contribution in [2.45, 2.75) is 40.2 Å². The third-order valence-corrected chi connectivity index (χ3v) is 4.34. The number of nitrogens with one attached hydrogen (secondary N) is 1. The summed E-state index contributed by atoms with van der Waals surface area (Å²) in [7, 11) is 0. The fourth-order valence-corrected chi connectivity index (χ4v) is 2.47. The number of carbonyl (C=O) groups excluding carboxylic acids is 2. The molecule has 2 rings (SSSR count). The Labute approximate surface area is 177 Å². The zero-order chi connectivity index (χ0) is 21.8. The molecule has 0 fully saturated rings. The molecule has 30 heavy (non-hydrogen) atoms. The second-order valence-electron chi connectivity index (χ2n) is 7.84. The number of hydrogen-bond donors (Lipinski definition) is 1. The van der Waals surface area contributed by atoms with Crippen LogP contribution in [0.1, 0.15) is 39.2 Å². The molecule has 0 saturated heterocycles. The van der Waals surface area contributed by atoms with Crippen LogP contribution in [0.3, 0.4) is 0 Å². The quantitative estimate of drug-likeness (QED) is 0.532. The maximum atomic E-state index is 11.9. The average Bonchev–Trinajstić information content (AvgIpc) is 2.74. The maximum absolute atomic E-state index is 11.9. The Hall–Kier alpha value is -2.71. The Balaban J connectivity index is 1.53. The lowest BCUT2D eigenvalue weighted by Gasteiger charge is -2.16. The number of nitrogens with zero attached hydrogens (tertiary/aromatic N) is 3. The molecule has 0 spiro atoms. The molecular formula is C22H30N4O4. The van der Waals surface area contributed by atoms with Crippen LogP contribution in [-0.2, 0) is 25.6 Å². The van der Waals surface area contributed by atoms with Gasteiger partial charge in [-0.05, 0) is 5.56 Å². The number of hydrogen-bond acceptors (Lipinski definition) is 7. The van der Waals surface area contributed by atoms with Crippen LogP contribution in [0.15, 0.2) is 36.7 Å². The molecule has 8 heteroatoms. The van der Waals surface area contributed by atoms with Crippen molar-refractivity contribution in [1.29, 1.82) is 0 Å². The van der Waals surface area contributed by atoms with Crippen molar-refractivity contribution in [3.8, 4) is 11.4 Å². The predicted molar refractivity (Wildman–Crippen MR) is 112 cm³/mol. The molecule has 0 saturated carbocycles. The summed E-state index contributed by atoms with van der Waals surface area (Å²) in [5, 5.41) is 10.6. The van der Waals surface area contributed by atoms with E-state index in [0.29, 0.717) is 45.2 Å². The van der Waals surface area contributed by atoms with Crippen LogP contribution >= 0.6 is 0 Å². The Kier molecular flexibility index (Phi) is 9.50. The Morgan fingerprint density at radius 1 is 0.933 bits per heavy atom. The van der Waals surface area contributed by atoms with Crippen LogP contribution < -0.4 is 5.32 Å². The Bertz CT molecular complexity index is 789. The number of rotatable bonds is 12. The monoisotopic (exact) mass is 414 g/mol. The van der Waals surface area contributed by atoms with Gasteiger partial charge in [0.25, 0.3) is 0 Å². The number of amides is 1. The molecule has 0 atom stereocenters. The normalized spacial score (nSPS) is 11.3. The van der Waals surface area contributed by atoms with Crippen LogP contribution in [-0.4, -0.2) is 53.3 Å². The van der Waals surface area contributed by atoms with Crippen LogP contribution in [0.5, 0.6) is 0 Å². The van der Waals surface area contributed by atoms with E-state index in [4.69, 9.17) is 9.47 Å². The number of aromatic nitrogens is 3. The summed E-state index contributed by atoms with van der Waals surface area (Å²) in [4.78, 5) is 27.8. The molecule has 0 unspecified atom stereocenters. The summed E-state index contributed by atoms with van der Waals surface area (Å²) >= 11 is 0. The van der Waals surface area contributed by atoms with Crippen molar-refractivity contribution in [1.82, 2.24) is 20.5 Å². The molecule has 1 amide bonds. The number of ketones is 1. The molecule has 0 radical (unpaired) electrons. The van der Waals surface area contributed by atoms with Gasteiger partial charge in [-0.2, -0.15) is 5.10 Å². The number of benzene rings is 1. The fourth-order valence-electron chi connectivity index (χ4n) is 2.47. The minimum absolute atomic E-state index is 0.0774. The summed E-state index contributed by atoms with van der Waals surface area (Å²) < 4.78 is 10.8. The molecule has 1 aromatic heterocycles. The molecular weight excluding hydrogens is 384 g/mol. The summed E-state index contributed by atoms with van der Waals surface area (Å²) in [6.45, 7) is 7.67. The van der Waals surface area contributed by atoms with Gasteiger partial charge in [0.2, 0.25) is 5.91 Å². The van der Waals surface area contributed by atoms with E-state index >= 15 is 0 Å². The highest BCUT2D eigenvalue weighted by atomic mass is 16.5. The molecule has 0 aliphatic heterocycles. The van der Waals surface area contributed by atoms with E-state index in [-0.39, 0.29) is 23.5 Å². The molecule has 1 N–H and O–H groups in total. The van der Waals surface area contributed by atoms with Gasteiger partial charge in [-0.3, -0.25) is 9.59 Å². The maximum Gasteiger partial charge on any atom is 0.222 e. The predicted octanol–water partition coefficient (Wildman–Crippen LogP) is 2.58. The zero-order valence-electron chi connectivity index (χ0n) is 17.9. The third-order valence-electron chi connectivity index (χ3n) is 4.34. The number of ether oxygens (including phenoxy) is 2. The highest BCUT2D eigenvalue weighted by Crippen LogP contribution is 2.16. The lowest BCUT2D eigenvalue weighted by Crippen LogP contribution is -2.24. The van der Waals surface area contributed by atoms with Crippen LogP contribution in [0.25, 0.3) is 11.4 Å². The van der Waals surface area contributed by atoms with Crippen molar-refractivity contribution in [3.63, 3.8) is 0 Å². The first-order chi connectivity index (χ1) is 14.4. The van der Waals surface area contributed by atoms with Gasteiger partial charge in [-0.1, -0.05) is 45.0 Å². The van der Waals surface area contributed by atoms with Gasteiger partial charge in [-0.25, -0.2) is 4.98 Å². The van der Waals surface area contributed by atoms with E-state index in [1.54, 1.807) is 6.20 Å². The van der Waals surface area contributed by atoms with Gasteiger partial charge in [0.15, 0.2) is 5.82 Å². The lowest BCUT2D eigenvalue weighted by molar-refractivity contribution is -0.127. The highest BCUT2D eigenvalue weighted by Gasteiger charge is 2.20. The molecule has 2 aromatic rings. The molecule has 8 nitrogen and oxygen atoms in total. The fraction of sp³-hybridized carbons (Fsp3) is 0.500. The van der Waals surface area contributed by atoms with Crippen LogP contribution in [0.4, 0.5) is 0 Å². The standard InChI is InChI=1S/C22H30N4O4/c1-22(2,3)19(27)8-12-29-14-15-30-13-9-20(28)24-16-17-4-6-18(7-5-17)21-23-10-11-25-26-21/h4-7,10-11H,8-9,12-16H2,1-3H3,(H,24,28). The van der Waals surface area contributed by atoms with Crippen molar-refractivity contribution < 1.29 is 19.1 Å². The summed E-state index contributed by atoms with van der Waals surface area (Å²) in [6.07, 6.45) is 3.81. The summed E-state index contributed by atoms with van der Waals surface area (Å²) in [5.74, 6) is 0.668. The van der Waals surface area contributed by atoms with Gasteiger partial charge < -0.3 is 14.8 Å². The van der Waals surface area contributed by atoms with Crippen LogP contribution in [0.2, 0.25) is 0 Å². The summed E-state index contributed by atoms with van der Waals surface area (Å²) in [6, 6.07) is 7.64. The first kappa shape index (κ1) is 23.6. The Morgan fingerprint density at radius 2 is 1.60 bits per heavy atom. The van der Waals surface area contributed by atoms with Gasteiger partial charge in [0.1, 0.15) is 5.78 Å². The van der Waals surface area contributed by atoms with E-state index in [0.717, 1.165) is 11.1 Å². The Morgan fingerprint density at radius 3 is 2.20 bits per heavy atom. The van der Waals surface area contributed by atoms with Crippen molar-refractivity contribution in [3.05, 3.63) is 42.2 Å². The molecule has 0 aliphatic rings. The average molecular weight is 415 g/mol. The van der Waals surface area contributed by atoms with Gasteiger partial charge >= 0.3 is 0 Å². The first-order valence-corrected chi connectivity index (χ1v) is 10.0. The second-order valence-corrected chi connectivity index (χ2v) is 7.84. The van der Waals surface area contributed by atoms with E-state index in [2.05, 4.69) is 20.5 Å². The van der Waals surface area contributed by atoms with Crippen molar-refractivity contribution in [2.24, 2.45) is 5.41 Å². The largest absolute Gasteiger partial charge is 0.379 e. The van der Waals surface area contributed by atoms with E-state index < -0.39 is 0 Å². The van der Waals surface area contributed by atoms with Gasteiger partial charge in [0.05, 0.1) is 32.6 Å².